The van der Waals surface area contributed by atoms with E-state index in [0.29, 0.717) is 6.04 Å². The Hall–Kier alpha value is -0.910. The summed E-state index contributed by atoms with van der Waals surface area (Å²) in [6.45, 7) is 5.22. The molecule has 2 nitrogen and oxygen atoms in total. The molecule has 1 atom stereocenters. The van der Waals surface area contributed by atoms with E-state index in [9.17, 15) is 4.39 Å². The van der Waals surface area contributed by atoms with Gasteiger partial charge in [-0.15, -0.1) is 23.1 Å². The van der Waals surface area contributed by atoms with Crippen molar-refractivity contribution in [3.63, 3.8) is 0 Å². The normalized spacial score (nSPS) is 12.5. The molecule has 0 aliphatic carbocycles. The molecule has 1 heterocycles. The Morgan fingerprint density at radius 3 is 2.71 bits per heavy atom. The molecule has 0 fully saturated rings. The molecule has 1 unspecified atom stereocenters. The van der Waals surface area contributed by atoms with Gasteiger partial charge in [0.25, 0.3) is 0 Å². The van der Waals surface area contributed by atoms with E-state index in [4.69, 9.17) is 0 Å². The molecule has 0 bridgehead atoms. The van der Waals surface area contributed by atoms with Gasteiger partial charge in [0.05, 0.1) is 10.7 Å². The van der Waals surface area contributed by atoms with Crippen LogP contribution in [-0.4, -0.2) is 23.3 Å². The van der Waals surface area contributed by atoms with Crippen molar-refractivity contribution in [1.82, 2.24) is 10.3 Å². The van der Waals surface area contributed by atoms with Gasteiger partial charge >= 0.3 is 0 Å². The number of nitrogens with one attached hydrogen (secondary N) is 1. The third-order valence-corrected chi connectivity index (χ3v) is 5.07. The number of halogens is 1. The van der Waals surface area contributed by atoms with E-state index in [2.05, 4.69) is 22.6 Å². The fourth-order valence-corrected chi connectivity index (χ4v) is 3.60. The van der Waals surface area contributed by atoms with Gasteiger partial charge < -0.3 is 5.32 Å². The van der Waals surface area contributed by atoms with Crippen LogP contribution < -0.4 is 5.32 Å². The van der Waals surface area contributed by atoms with Crippen LogP contribution in [0, 0.1) is 12.7 Å². The van der Waals surface area contributed by atoms with Crippen LogP contribution in [0.1, 0.15) is 24.0 Å². The fraction of sp³-hybridized carbons (Fsp3) is 0.438. The molecule has 0 amide bonds. The first kappa shape index (κ1) is 16.5. The molecule has 0 aliphatic rings. The molecule has 1 aromatic heterocycles. The van der Waals surface area contributed by atoms with Gasteiger partial charge in [-0.3, -0.25) is 0 Å². The van der Waals surface area contributed by atoms with E-state index in [0.717, 1.165) is 40.7 Å². The van der Waals surface area contributed by atoms with E-state index in [1.165, 1.54) is 12.1 Å². The maximum atomic E-state index is 12.9. The summed E-state index contributed by atoms with van der Waals surface area (Å²) in [6.07, 6.45) is 2.06. The summed E-state index contributed by atoms with van der Waals surface area (Å²) in [5.41, 5.74) is 1.16. The maximum Gasteiger partial charge on any atom is 0.123 e. The summed E-state index contributed by atoms with van der Waals surface area (Å²) in [5, 5.41) is 6.83. The Balaban J connectivity index is 1.90. The lowest BCUT2D eigenvalue weighted by molar-refractivity contribution is 0.546. The van der Waals surface area contributed by atoms with Crippen LogP contribution in [0.4, 0.5) is 4.39 Å². The summed E-state index contributed by atoms with van der Waals surface area (Å²) >= 11 is 3.46. The first-order chi connectivity index (χ1) is 10.2. The summed E-state index contributed by atoms with van der Waals surface area (Å²) < 4.78 is 12.9. The quantitative estimate of drug-likeness (QED) is 0.733. The summed E-state index contributed by atoms with van der Waals surface area (Å²) in [4.78, 5) is 5.65. The van der Waals surface area contributed by atoms with Crippen LogP contribution in [0.3, 0.4) is 0 Å². The van der Waals surface area contributed by atoms with Gasteiger partial charge in [-0.2, -0.15) is 0 Å². The molecule has 2 rings (SSSR count). The van der Waals surface area contributed by atoms with Crippen LogP contribution in [0.2, 0.25) is 0 Å². The number of hydrogen-bond donors (Lipinski definition) is 1. The third kappa shape index (κ3) is 5.77. The number of hydrogen-bond acceptors (Lipinski definition) is 4. The largest absolute Gasteiger partial charge is 0.313 e. The van der Waals surface area contributed by atoms with E-state index >= 15 is 0 Å². The number of benzene rings is 1. The van der Waals surface area contributed by atoms with Gasteiger partial charge in [0.2, 0.25) is 0 Å². The van der Waals surface area contributed by atoms with E-state index in [-0.39, 0.29) is 5.82 Å². The van der Waals surface area contributed by atoms with Crippen molar-refractivity contribution in [2.75, 3.05) is 12.3 Å². The van der Waals surface area contributed by atoms with Gasteiger partial charge in [-0.25, -0.2) is 9.37 Å². The Morgan fingerprint density at radius 2 is 2.10 bits per heavy atom. The highest BCUT2D eigenvalue weighted by Gasteiger charge is 2.11. The number of thioether (sulfide) groups is 1. The number of nitrogens with zero attached hydrogens (tertiary/aromatic N) is 1. The zero-order valence-electron chi connectivity index (χ0n) is 12.4. The highest BCUT2D eigenvalue weighted by atomic mass is 32.2. The molecule has 1 aromatic carbocycles. The monoisotopic (exact) mass is 324 g/mol. The van der Waals surface area contributed by atoms with Gasteiger partial charge in [0.1, 0.15) is 5.82 Å². The lowest BCUT2D eigenvalue weighted by atomic mass is 10.2. The fourth-order valence-electron chi connectivity index (χ4n) is 2.02. The standard InChI is InChI=1S/C16H21FN2S2/c1-3-8-18-14(9-15-11-20-12(2)19-15)10-21-16-6-4-13(17)5-7-16/h4-7,11,14,18H,3,8-10H2,1-2H3. The van der Waals surface area contributed by atoms with Crippen LogP contribution in [0.15, 0.2) is 34.5 Å². The van der Waals surface area contributed by atoms with Crippen molar-refractivity contribution in [3.05, 3.63) is 46.2 Å². The molecule has 1 N–H and O–H groups in total. The minimum atomic E-state index is -0.182. The van der Waals surface area contributed by atoms with Gasteiger partial charge in [-0.05, 0) is 44.2 Å². The predicted molar refractivity (Wildman–Crippen MR) is 89.8 cm³/mol. The molecule has 0 saturated heterocycles. The molecule has 5 heteroatoms. The minimum Gasteiger partial charge on any atom is -0.313 e. The lowest BCUT2D eigenvalue weighted by Gasteiger charge is -2.17. The van der Waals surface area contributed by atoms with Crippen molar-refractivity contribution in [3.8, 4) is 0 Å². The molecule has 0 aliphatic heterocycles. The number of rotatable bonds is 8. The van der Waals surface area contributed by atoms with Gasteiger partial charge in [0, 0.05) is 28.5 Å². The Labute approximate surface area is 134 Å². The number of thiazole rings is 1. The summed E-state index contributed by atoms with van der Waals surface area (Å²) in [7, 11) is 0. The topological polar surface area (TPSA) is 24.9 Å². The molecule has 2 aromatic rings. The second-order valence-corrected chi connectivity index (χ2v) is 7.13. The van der Waals surface area contributed by atoms with Crippen LogP contribution in [-0.2, 0) is 6.42 Å². The molecule has 114 valence electrons. The summed E-state index contributed by atoms with van der Waals surface area (Å²) in [6, 6.07) is 7.09. The molecular weight excluding hydrogens is 303 g/mol. The minimum absolute atomic E-state index is 0.182. The Bertz CT molecular complexity index is 539. The highest BCUT2D eigenvalue weighted by molar-refractivity contribution is 7.99. The second kappa shape index (κ2) is 8.51. The Morgan fingerprint density at radius 1 is 1.33 bits per heavy atom. The SMILES string of the molecule is CCCNC(CSc1ccc(F)cc1)Cc1csc(C)n1. The lowest BCUT2D eigenvalue weighted by Crippen LogP contribution is -2.34. The predicted octanol–water partition coefficient (Wildman–Crippen LogP) is 4.29. The van der Waals surface area contributed by atoms with Crippen molar-refractivity contribution < 1.29 is 4.39 Å². The molecule has 0 saturated carbocycles. The molecule has 0 spiro atoms. The van der Waals surface area contributed by atoms with Crippen LogP contribution in [0.5, 0.6) is 0 Å². The van der Waals surface area contributed by atoms with Crippen molar-refractivity contribution in [2.24, 2.45) is 0 Å². The molecule has 0 radical (unpaired) electrons. The van der Waals surface area contributed by atoms with Crippen molar-refractivity contribution in [2.45, 2.75) is 37.6 Å². The van der Waals surface area contributed by atoms with E-state index < -0.39 is 0 Å². The smallest absolute Gasteiger partial charge is 0.123 e. The van der Waals surface area contributed by atoms with Gasteiger partial charge in [0.15, 0.2) is 0 Å². The number of aromatic nitrogens is 1. The summed E-state index contributed by atoms with van der Waals surface area (Å²) in [5.74, 6) is 0.778. The third-order valence-electron chi connectivity index (χ3n) is 3.07. The average molecular weight is 324 g/mol. The molecular formula is C16H21FN2S2. The average Bonchev–Trinajstić information content (AvgIpc) is 2.89. The highest BCUT2D eigenvalue weighted by Crippen LogP contribution is 2.20. The van der Waals surface area contributed by atoms with Crippen LogP contribution in [0.25, 0.3) is 0 Å². The van der Waals surface area contributed by atoms with Crippen LogP contribution >= 0.6 is 23.1 Å². The van der Waals surface area contributed by atoms with Crippen molar-refractivity contribution in [1.29, 1.82) is 0 Å². The maximum absolute atomic E-state index is 12.9. The van der Waals surface area contributed by atoms with E-state index in [1.807, 2.05) is 19.1 Å². The zero-order valence-corrected chi connectivity index (χ0v) is 14.1. The second-order valence-electron chi connectivity index (χ2n) is 4.98. The van der Waals surface area contributed by atoms with Crippen molar-refractivity contribution >= 4 is 23.1 Å². The first-order valence-corrected chi connectivity index (χ1v) is 9.06. The number of aryl methyl sites for hydroxylation is 1. The zero-order chi connectivity index (χ0) is 15.1. The van der Waals surface area contributed by atoms with Gasteiger partial charge in [-0.1, -0.05) is 6.92 Å². The molecule has 21 heavy (non-hydrogen) atoms. The first-order valence-electron chi connectivity index (χ1n) is 7.20. The van der Waals surface area contributed by atoms with E-state index in [1.54, 1.807) is 23.1 Å². The Kier molecular flexibility index (Phi) is 6.67.